The first-order chi connectivity index (χ1) is 13.1. The van der Waals surface area contributed by atoms with Gasteiger partial charge in [-0.25, -0.2) is 4.99 Å². The van der Waals surface area contributed by atoms with E-state index in [4.69, 9.17) is 14.0 Å². The number of hydrogen-bond acceptors (Lipinski definition) is 5. The van der Waals surface area contributed by atoms with Gasteiger partial charge in [0.05, 0.1) is 26.0 Å². The van der Waals surface area contributed by atoms with Crippen LogP contribution in [0.5, 0.6) is 5.75 Å². The van der Waals surface area contributed by atoms with Gasteiger partial charge in [-0.2, -0.15) is 0 Å². The molecule has 0 aliphatic heterocycles. The van der Waals surface area contributed by atoms with E-state index in [0.717, 1.165) is 35.3 Å². The fourth-order valence-corrected chi connectivity index (χ4v) is 2.42. The second-order valence-corrected chi connectivity index (χ2v) is 6.36. The van der Waals surface area contributed by atoms with Gasteiger partial charge in [0.25, 0.3) is 0 Å². The topological polar surface area (TPSA) is 80.9 Å². The molecule has 1 aromatic carbocycles. The van der Waals surface area contributed by atoms with Crippen LogP contribution < -0.4 is 15.4 Å². The summed E-state index contributed by atoms with van der Waals surface area (Å²) in [6, 6.07) is 9.81. The molecule has 8 heteroatoms. The Kier molecular flexibility index (Phi) is 11.6. The number of halogens is 1. The largest absolute Gasteiger partial charge is 0.496 e. The van der Waals surface area contributed by atoms with E-state index in [-0.39, 0.29) is 24.0 Å². The molecule has 0 aliphatic rings. The fourth-order valence-electron chi connectivity index (χ4n) is 2.42. The molecule has 2 aromatic rings. The van der Waals surface area contributed by atoms with E-state index in [9.17, 15) is 0 Å². The molecule has 0 unspecified atom stereocenters. The molecule has 0 spiro atoms. The van der Waals surface area contributed by atoms with E-state index in [1.807, 2.05) is 37.3 Å². The molecule has 0 saturated carbocycles. The summed E-state index contributed by atoms with van der Waals surface area (Å²) in [4.78, 5) is 4.52. The third-order valence-electron chi connectivity index (χ3n) is 3.89. The van der Waals surface area contributed by atoms with Crippen LogP contribution in [0.4, 0.5) is 0 Å². The molecule has 7 nitrogen and oxygen atoms in total. The maximum atomic E-state index is 5.73. The summed E-state index contributed by atoms with van der Waals surface area (Å²) in [5, 5.41) is 10.5. The Balaban J connectivity index is 0.00000392. The number of nitrogens with one attached hydrogen (secondary N) is 2. The molecule has 0 radical (unpaired) electrons. The summed E-state index contributed by atoms with van der Waals surface area (Å²) in [7, 11) is 1.66. The van der Waals surface area contributed by atoms with Crippen molar-refractivity contribution in [1.82, 2.24) is 15.8 Å². The third kappa shape index (κ3) is 8.05. The van der Waals surface area contributed by atoms with Crippen molar-refractivity contribution in [3.05, 3.63) is 47.3 Å². The lowest BCUT2D eigenvalue weighted by Crippen LogP contribution is -2.38. The van der Waals surface area contributed by atoms with E-state index in [0.29, 0.717) is 32.2 Å². The normalized spacial score (nSPS) is 11.2. The number of methoxy groups -OCH3 is 1. The lowest BCUT2D eigenvalue weighted by atomic mass is 10.1. The Morgan fingerprint density at radius 2 is 2.04 bits per heavy atom. The van der Waals surface area contributed by atoms with Gasteiger partial charge in [0.1, 0.15) is 12.3 Å². The van der Waals surface area contributed by atoms with E-state index in [1.54, 1.807) is 7.11 Å². The van der Waals surface area contributed by atoms with Crippen LogP contribution in [-0.2, 0) is 17.9 Å². The smallest absolute Gasteiger partial charge is 0.191 e. The molecular weight excluding hydrogens is 471 g/mol. The average molecular weight is 502 g/mol. The van der Waals surface area contributed by atoms with E-state index in [1.165, 1.54) is 0 Å². The predicted molar refractivity (Wildman–Crippen MR) is 121 cm³/mol. The van der Waals surface area contributed by atoms with Crippen molar-refractivity contribution < 1.29 is 14.0 Å². The van der Waals surface area contributed by atoms with Crippen molar-refractivity contribution >= 4 is 29.9 Å². The van der Waals surface area contributed by atoms with Crippen molar-refractivity contribution in [3.63, 3.8) is 0 Å². The van der Waals surface area contributed by atoms with Gasteiger partial charge in [-0.3, -0.25) is 0 Å². The van der Waals surface area contributed by atoms with Crippen LogP contribution in [0.1, 0.15) is 43.7 Å². The van der Waals surface area contributed by atoms with Crippen molar-refractivity contribution in [2.75, 3.05) is 26.8 Å². The molecule has 2 rings (SSSR count). The van der Waals surface area contributed by atoms with Crippen LogP contribution in [0.2, 0.25) is 0 Å². The zero-order valence-corrected chi connectivity index (χ0v) is 19.4. The number of benzene rings is 1. The van der Waals surface area contributed by atoms with Crippen LogP contribution >= 0.6 is 24.0 Å². The molecule has 0 atom stereocenters. The average Bonchev–Trinajstić information content (AvgIpc) is 3.15. The molecular formula is C20H31IN4O3. The van der Waals surface area contributed by atoms with E-state index in [2.05, 4.69) is 34.6 Å². The molecule has 28 heavy (non-hydrogen) atoms. The van der Waals surface area contributed by atoms with Gasteiger partial charge in [-0.15, -0.1) is 24.0 Å². The van der Waals surface area contributed by atoms with Crippen LogP contribution in [0.25, 0.3) is 0 Å². The number of aromatic nitrogens is 1. The van der Waals surface area contributed by atoms with Gasteiger partial charge in [0.2, 0.25) is 0 Å². The monoisotopic (exact) mass is 502 g/mol. The minimum Gasteiger partial charge on any atom is -0.496 e. The number of hydrogen-bond donors (Lipinski definition) is 2. The van der Waals surface area contributed by atoms with Gasteiger partial charge >= 0.3 is 0 Å². The quantitative estimate of drug-likeness (QED) is 0.223. The predicted octanol–water partition coefficient (Wildman–Crippen LogP) is 3.70. The Morgan fingerprint density at radius 1 is 1.25 bits per heavy atom. The fraction of sp³-hybridized carbons (Fsp3) is 0.500. The maximum Gasteiger partial charge on any atom is 0.191 e. The minimum absolute atomic E-state index is 0. The van der Waals surface area contributed by atoms with Crippen LogP contribution in [0, 0.1) is 0 Å². The van der Waals surface area contributed by atoms with Crippen molar-refractivity contribution in [1.29, 1.82) is 0 Å². The van der Waals surface area contributed by atoms with Gasteiger partial charge in [0, 0.05) is 24.7 Å². The van der Waals surface area contributed by atoms with Crippen molar-refractivity contribution in [2.45, 2.75) is 39.8 Å². The highest BCUT2D eigenvalue weighted by Crippen LogP contribution is 2.17. The summed E-state index contributed by atoms with van der Waals surface area (Å²) in [6.07, 6.45) is 0. The molecule has 0 bridgehead atoms. The van der Waals surface area contributed by atoms with E-state index >= 15 is 0 Å². The number of para-hydroxylation sites is 1. The number of guanidine groups is 1. The molecule has 0 fully saturated rings. The zero-order valence-electron chi connectivity index (χ0n) is 17.0. The van der Waals surface area contributed by atoms with Crippen LogP contribution in [0.15, 0.2) is 39.8 Å². The molecule has 0 amide bonds. The maximum absolute atomic E-state index is 5.73. The molecule has 1 aromatic heterocycles. The minimum atomic E-state index is 0. The first-order valence-corrected chi connectivity index (χ1v) is 9.31. The summed E-state index contributed by atoms with van der Waals surface area (Å²) in [5.41, 5.74) is 1.98. The second kappa shape index (κ2) is 13.4. The first-order valence-electron chi connectivity index (χ1n) is 9.31. The highest BCUT2D eigenvalue weighted by Gasteiger charge is 2.07. The lowest BCUT2D eigenvalue weighted by Gasteiger charge is -2.12. The van der Waals surface area contributed by atoms with Crippen molar-refractivity contribution in [3.8, 4) is 5.75 Å². The highest BCUT2D eigenvalue weighted by molar-refractivity contribution is 14.0. The molecule has 2 N–H and O–H groups in total. The standard InChI is InChI=1S/C20H30N4O3.HI/c1-5-21-20(23-13-17-12-18(15(2)3)24-27-17)22-10-11-26-14-16-8-6-7-9-19(16)25-4;/h6-9,12,15H,5,10-11,13-14H2,1-4H3,(H2,21,22,23);1H. The molecule has 156 valence electrons. The zero-order chi connectivity index (χ0) is 19.5. The van der Waals surface area contributed by atoms with Crippen LogP contribution in [-0.4, -0.2) is 37.9 Å². The second-order valence-electron chi connectivity index (χ2n) is 6.36. The Hall–Kier alpha value is -1.81. The first kappa shape index (κ1) is 24.2. The Bertz CT molecular complexity index is 719. The van der Waals surface area contributed by atoms with Gasteiger partial charge < -0.3 is 24.6 Å². The molecule has 1 heterocycles. The van der Waals surface area contributed by atoms with Gasteiger partial charge in [-0.05, 0) is 18.9 Å². The van der Waals surface area contributed by atoms with Gasteiger partial charge in [-0.1, -0.05) is 37.2 Å². The SMILES string of the molecule is CCNC(=NCc1cc(C(C)C)no1)NCCOCc1ccccc1OC.I. The Morgan fingerprint density at radius 3 is 2.71 bits per heavy atom. The summed E-state index contributed by atoms with van der Waals surface area (Å²) < 4.78 is 16.4. The van der Waals surface area contributed by atoms with Crippen LogP contribution in [0.3, 0.4) is 0 Å². The number of ether oxygens (including phenoxy) is 2. The summed E-state index contributed by atoms with van der Waals surface area (Å²) >= 11 is 0. The summed E-state index contributed by atoms with van der Waals surface area (Å²) in [5.74, 6) is 2.66. The lowest BCUT2D eigenvalue weighted by molar-refractivity contribution is 0.123. The van der Waals surface area contributed by atoms with Gasteiger partial charge in [0.15, 0.2) is 11.7 Å². The number of nitrogens with zero attached hydrogens (tertiary/aromatic N) is 2. The number of rotatable bonds is 10. The molecule has 0 saturated heterocycles. The summed E-state index contributed by atoms with van der Waals surface area (Å²) in [6.45, 7) is 9.13. The Labute approximate surface area is 184 Å². The highest BCUT2D eigenvalue weighted by atomic mass is 127. The third-order valence-corrected chi connectivity index (χ3v) is 3.89. The van der Waals surface area contributed by atoms with Crippen molar-refractivity contribution in [2.24, 2.45) is 4.99 Å². The number of aliphatic imine (C=N–C) groups is 1. The van der Waals surface area contributed by atoms with E-state index < -0.39 is 0 Å². The molecule has 0 aliphatic carbocycles.